The Morgan fingerprint density at radius 1 is 1.16 bits per heavy atom. The standard InChI is InChI=1S/C19H21N5O/c1-13(15-8-10-16(11-9-15)23(3)4)21-22-19(25)18-14(2)20-17-7-5-6-12-24(17)18/h5-12H,1-4H3,(H,22,25)/b21-13-. The van der Waals surface area contributed by atoms with Crippen LogP contribution in [0.5, 0.6) is 0 Å². The third-order valence-corrected chi connectivity index (χ3v) is 4.05. The molecule has 0 radical (unpaired) electrons. The van der Waals surface area contributed by atoms with E-state index in [1.807, 2.05) is 81.5 Å². The van der Waals surface area contributed by atoms with Crippen molar-refractivity contribution < 1.29 is 4.79 Å². The van der Waals surface area contributed by atoms with Crippen LogP contribution in [-0.2, 0) is 0 Å². The first-order valence-electron chi connectivity index (χ1n) is 8.03. The molecule has 1 amide bonds. The number of benzene rings is 1. The Hall–Kier alpha value is -3.15. The summed E-state index contributed by atoms with van der Waals surface area (Å²) in [6.45, 7) is 3.69. The molecule has 6 heteroatoms. The summed E-state index contributed by atoms with van der Waals surface area (Å²) in [5.74, 6) is -0.277. The lowest BCUT2D eigenvalue weighted by atomic mass is 10.1. The van der Waals surface area contributed by atoms with Gasteiger partial charge in [0, 0.05) is 26.0 Å². The fraction of sp³-hybridized carbons (Fsp3) is 0.211. The molecule has 0 aliphatic rings. The van der Waals surface area contributed by atoms with Gasteiger partial charge in [-0.2, -0.15) is 5.10 Å². The molecule has 0 aliphatic carbocycles. The summed E-state index contributed by atoms with van der Waals surface area (Å²) in [7, 11) is 3.99. The van der Waals surface area contributed by atoms with E-state index in [-0.39, 0.29) is 5.91 Å². The summed E-state index contributed by atoms with van der Waals surface area (Å²) >= 11 is 0. The van der Waals surface area contributed by atoms with Crippen LogP contribution in [0.15, 0.2) is 53.8 Å². The zero-order valence-electron chi connectivity index (χ0n) is 14.8. The molecule has 3 aromatic rings. The number of pyridine rings is 1. The van der Waals surface area contributed by atoms with Crippen LogP contribution in [0.3, 0.4) is 0 Å². The molecule has 128 valence electrons. The van der Waals surface area contributed by atoms with Gasteiger partial charge in [-0.05, 0) is 43.7 Å². The summed E-state index contributed by atoms with van der Waals surface area (Å²) in [5.41, 5.74) is 7.35. The molecule has 2 heterocycles. The van der Waals surface area contributed by atoms with Gasteiger partial charge in [0.2, 0.25) is 0 Å². The number of amides is 1. The highest BCUT2D eigenvalue weighted by molar-refractivity contribution is 6.01. The monoisotopic (exact) mass is 335 g/mol. The molecule has 0 saturated heterocycles. The van der Waals surface area contributed by atoms with E-state index in [2.05, 4.69) is 15.5 Å². The van der Waals surface area contributed by atoms with Gasteiger partial charge in [-0.15, -0.1) is 0 Å². The Morgan fingerprint density at radius 2 is 1.88 bits per heavy atom. The lowest BCUT2D eigenvalue weighted by Gasteiger charge is -2.12. The number of anilines is 1. The Bertz CT molecular complexity index is 938. The third kappa shape index (κ3) is 3.38. The Morgan fingerprint density at radius 3 is 2.56 bits per heavy atom. The second kappa shape index (κ2) is 6.76. The van der Waals surface area contributed by atoms with E-state index in [0.29, 0.717) is 11.4 Å². The van der Waals surface area contributed by atoms with Crippen molar-refractivity contribution in [1.29, 1.82) is 0 Å². The first-order valence-corrected chi connectivity index (χ1v) is 8.03. The summed E-state index contributed by atoms with van der Waals surface area (Å²) in [4.78, 5) is 19.0. The number of aromatic nitrogens is 2. The van der Waals surface area contributed by atoms with Gasteiger partial charge >= 0.3 is 0 Å². The molecule has 0 atom stereocenters. The molecule has 0 bridgehead atoms. The smallest absolute Gasteiger partial charge is 0.290 e. The number of hydrazone groups is 1. The lowest BCUT2D eigenvalue weighted by molar-refractivity contribution is 0.0948. The van der Waals surface area contributed by atoms with Crippen molar-refractivity contribution in [1.82, 2.24) is 14.8 Å². The second-order valence-corrected chi connectivity index (χ2v) is 6.05. The topological polar surface area (TPSA) is 62.0 Å². The van der Waals surface area contributed by atoms with Gasteiger partial charge in [-0.25, -0.2) is 10.4 Å². The van der Waals surface area contributed by atoms with Gasteiger partial charge in [-0.1, -0.05) is 18.2 Å². The molecule has 6 nitrogen and oxygen atoms in total. The molecule has 25 heavy (non-hydrogen) atoms. The van der Waals surface area contributed by atoms with Crippen molar-refractivity contribution in [2.75, 3.05) is 19.0 Å². The highest BCUT2D eigenvalue weighted by Crippen LogP contribution is 2.13. The number of nitrogens with one attached hydrogen (secondary N) is 1. The van der Waals surface area contributed by atoms with E-state index in [4.69, 9.17) is 0 Å². The number of imidazole rings is 1. The SMILES string of the molecule is C/C(=N/NC(=O)c1c(C)nc2ccccn12)c1ccc(N(C)C)cc1. The molecule has 0 spiro atoms. The maximum Gasteiger partial charge on any atom is 0.290 e. The largest absolute Gasteiger partial charge is 0.378 e. The number of rotatable bonds is 4. The highest BCUT2D eigenvalue weighted by Gasteiger charge is 2.15. The predicted octanol–water partition coefficient (Wildman–Crippen LogP) is 2.86. The molecule has 0 fully saturated rings. The minimum Gasteiger partial charge on any atom is -0.378 e. The van der Waals surface area contributed by atoms with Crippen LogP contribution in [0.2, 0.25) is 0 Å². The molecular formula is C19H21N5O. The number of aryl methyl sites for hydroxylation is 1. The van der Waals surface area contributed by atoms with Gasteiger partial charge in [-0.3, -0.25) is 9.20 Å². The Balaban J connectivity index is 1.80. The average molecular weight is 335 g/mol. The average Bonchev–Trinajstić information content (AvgIpc) is 2.95. The number of hydrogen-bond acceptors (Lipinski definition) is 4. The van der Waals surface area contributed by atoms with Crippen molar-refractivity contribution in [2.45, 2.75) is 13.8 Å². The maximum atomic E-state index is 12.5. The summed E-state index contributed by atoms with van der Waals surface area (Å²) in [6.07, 6.45) is 1.82. The first-order chi connectivity index (χ1) is 12.0. The Kier molecular flexibility index (Phi) is 4.52. The van der Waals surface area contributed by atoms with Crippen molar-refractivity contribution in [3.05, 3.63) is 65.6 Å². The fourth-order valence-electron chi connectivity index (χ4n) is 2.64. The lowest BCUT2D eigenvalue weighted by Crippen LogP contribution is -2.22. The Labute approximate surface area is 146 Å². The molecular weight excluding hydrogens is 314 g/mol. The second-order valence-electron chi connectivity index (χ2n) is 6.05. The van der Waals surface area contributed by atoms with E-state index >= 15 is 0 Å². The number of fused-ring (bicyclic) bond motifs is 1. The summed E-state index contributed by atoms with van der Waals surface area (Å²) in [6, 6.07) is 13.6. The molecule has 3 rings (SSSR count). The highest BCUT2D eigenvalue weighted by atomic mass is 16.2. The molecule has 1 aromatic carbocycles. The van der Waals surface area contributed by atoms with Gasteiger partial charge in [0.1, 0.15) is 11.3 Å². The first kappa shape index (κ1) is 16.7. The van der Waals surface area contributed by atoms with E-state index in [1.165, 1.54) is 0 Å². The molecule has 0 aliphatic heterocycles. The quantitative estimate of drug-likeness (QED) is 0.589. The van der Waals surface area contributed by atoms with Gasteiger partial charge < -0.3 is 4.90 Å². The zero-order chi connectivity index (χ0) is 18.0. The minimum atomic E-state index is -0.277. The van der Waals surface area contributed by atoms with Crippen molar-refractivity contribution in [3.8, 4) is 0 Å². The van der Waals surface area contributed by atoms with Crippen LogP contribution in [-0.4, -0.2) is 35.1 Å². The van der Waals surface area contributed by atoms with Gasteiger partial charge in [0.25, 0.3) is 5.91 Å². The van der Waals surface area contributed by atoms with Crippen molar-refractivity contribution in [2.24, 2.45) is 5.10 Å². The minimum absolute atomic E-state index is 0.277. The van der Waals surface area contributed by atoms with Crippen LogP contribution in [0.1, 0.15) is 28.7 Å². The van der Waals surface area contributed by atoms with E-state index < -0.39 is 0 Å². The van der Waals surface area contributed by atoms with Crippen LogP contribution >= 0.6 is 0 Å². The van der Waals surface area contributed by atoms with E-state index in [1.54, 1.807) is 4.40 Å². The zero-order valence-corrected chi connectivity index (χ0v) is 14.8. The van der Waals surface area contributed by atoms with E-state index in [9.17, 15) is 4.79 Å². The number of carbonyl (C=O) groups excluding carboxylic acids is 1. The maximum absolute atomic E-state index is 12.5. The van der Waals surface area contributed by atoms with Crippen LogP contribution < -0.4 is 10.3 Å². The number of hydrogen-bond donors (Lipinski definition) is 1. The number of nitrogens with zero attached hydrogens (tertiary/aromatic N) is 4. The third-order valence-electron chi connectivity index (χ3n) is 4.05. The van der Waals surface area contributed by atoms with Crippen LogP contribution in [0, 0.1) is 6.92 Å². The molecule has 1 N–H and O–H groups in total. The molecule has 0 unspecified atom stereocenters. The summed E-state index contributed by atoms with van der Waals surface area (Å²) in [5, 5.41) is 4.24. The van der Waals surface area contributed by atoms with Crippen LogP contribution in [0.4, 0.5) is 5.69 Å². The van der Waals surface area contributed by atoms with E-state index in [0.717, 1.165) is 22.6 Å². The fourth-order valence-corrected chi connectivity index (χ4v) is 2.64. The molecule has 0 saturated carbocycles. The molecule has 2 aromatic heterocycles. The van der Waals surface area contributed by atoms with Crippen LogP contribution in [0.25, 0.3) is 5.65 Å². The van der Waals surface area contributed by atoms with Gasteiger partial charge in [0.15, 0.2) is 0 Å². The van der Waals surface area contributed by atoms with Crippen molar-refractivity contribution in [3.63, 3.8) is 0 Å². The van der Waals surface area contributed by atoms with Crippen molar-refractivity contribution >= 4 is 23.0 Å². The normalized spacial score (nSPS) is 11.6. The summed E-state index contributed by atoms with van der Waals surface area (Å²) < 4.78 is 1.77. The predicted molar refractivity (Wildman–Crippen MR) is 100 cm³/mol. The number of carbonyl (C=O) groups is 1. The van der Waals surface area contributed by atoms with Gasteiger partial charge in [0.05, 0.1) is 11.4 Å².